The molecule has 0 aliphatic heterocycles. The van der Waals surface area contributed by atoms with Gasteiger partial charge in [0.2, 0.25) is 0 Å². The van der Waals surface area contributed by atoms with E-state index in [9.17, 15) is 18.3 Å². The summed E-state index contributed by atoms with van der Waals surface area (Å²) < 4.78 is 29.0. The van der Waals surface area contributed by atoms with Crippen molar-refractivity contribution < 1.29 is 18.3 Å². The summed E-state index contributed by atoms with van der Waals surface area (Å²) in [7, 11) is 0. The summed E-state index contributed by atoms with van der Waals surface area (Å²) in [5, 5.41) is 11.6. The summed E-state index contributed by atoms with van der Waals surface area (Å²) in [6.07, 6.45) is 2.04. The number of rotatable bonds is 1. The first-order valence-electron chi connectivity index (χ1n) is 4.73. The molecule has 0 saturated heterocycles. The van der Waals surface area contributed by atoms with E-state index in [1.54, 1.807) is 17.8 Å². The van der Waals surface area contributed by atoms with Crippen molar-refractivity contribution >= 4 is 22.5 Å². The van der Waals surface area contributed by atoms with Crippen LogP contribution in [0.5, 0.6) is 5.75 Å². The highest BCUT2D eigenvalue weighted by Gasteiger charge is 2.02. The highest BCUT2D eigenvalue weighted by atomic mass is 32.2. The average molecular weight is 260 g/mol. The summed E-state index contributed by atoms with van der Waals surface area (Å²) in [5.74, 6) is 0.355. The van der Waals surface area contributed by atoms with Crippen LogP contribution in [0.2, 0.25) is 0 Å². The number of hydrogen-bond acceptors (Lipinski definition) is 2. The number of hydrogen-bond donors (Lipinski definition) is 1. The van der Waals surface area contributed by atoms with E-state index in [1.807, 2.05) is 36.6 Å². The van der Waals surface area contributed by atoms with Crippen LogP contribution in [0.3, 0.4) is 0 Å². The third kappa shape index (κ3) is 3.85. The van der Waals surface area contributed by atoms with Crippen LogP contribution in [0.4, 0.5) is 13.2 Å². The van der Waals surface area contributed by atoms with Gasteiger partial charge in [-0.05, 0) is 23.8 Å². The SMILES string of the molecule is CSc1ccc(O)c2ccccc12.FC(F)F. The van der Waals surface area contributed by atoms with Gasteiger partial charge < -0.3 is 5.11 Å². The molecule has 1 nitrogen and oxygen atoms in total. The molecule has 2 rings (SSSR count). The average Bonchev–Trinajstić information content (AvgIpc) is 2.29. The predicted molar refractivity (Wildman–Crippen MR) is 64.5 cm³/mol. The Morgan fingerprint density at radius 2 is 1.53 bits per heavy atom. The van der Waals surface area contributed by atoms with Gasteiger partial charge in [0.1, 0.15) is 5.75 Å². The fraction of sp³-hybridized carbons (Fsp3) is 0.167. The van der Waals surface area contributed by atoms with Crippen LogP contribution >= 0.6 is 11.8 Å². The second kappa shape index (κ2) is 6.39. The fourth-order valence-electron chi connectivity index (χ4n) is 1.43. The number of aromatic hydroxyl groups is 1. The van der Waals surface area contributed by atoms with Crippen molar-refractivity contribution in [1.82, 2.24) is 0 Å². The van der Waals surface area contributed by atoms with E-state index in [0.29, 0.717) is 5.75 Å². The van der Waals surface area contributed by atoms with E-state index in [4.69, 9.17) is 0 Å². The Hall–Kier alpha value is -1.36. The van der Waals surface area contributed by atoms with Crippen LogP contribution < -0.4 is 0 Å². The molecule has 1 N–H and O–H groups in total. The summed E-state index contributed by atoms with van der Waals surface area (Å²) in [6, 6.07) is 11.6. The lowest BCUT2D eigenvalue weighted by molar-refractivity contribution is 0.00819. The molecule has 0 amide bonds. The summed E-state index contributed by atoms with van der Waals surface area (Å²) in [5.41, 5.74) is 0. The molecular weight excluding hydrogens is 249 g/mol. The lowest BCUT2D eigenvalue weighted by Gasteiger charge is -2.04. The van der Waals surface area contributed by atoms with Crippen LogP contribution in [-0.2, 0) is 0 Å². The van der Waals surface area contributed by atoms with Crippen molar-refractivity contribution in [2.24, 2.45) is 0 Å². The van der Waals surface area contributed by atoms with Crippen molar-refractivity contribution in [3.05, 3.63) is 36.4 Å². The maximum Gasteiger partial charge on any atom is 0.379 e. The van der Waals surface area contributed by atoms with E-state index < -0.39 is 6.68 Å². The fourth-order valence-corrected chi connectivity index (χ4v) is 2.04. The number of alkyl halides is 3. The third-order valence-corrected chi connectivity index (χ3v) is 2.88. The molecule has 0 heterocycles. The maximum atomic E-state index is 9.67. The zero-order chi connectivity index (χ0) is 12.8. The highest BCUT2D eigenvalue weighted by Crippen LogP contribution is 2.31. The molecule has 0 aliphatic rings. The molecule has 0 saturated carbocycles. The van der Waals surface area contributed by atoms with Gasteiger partial charge in [0.25, 0.3) is 0 Å². The Morgan fingerprint density at radius 3 is 2.06 bits per heavy atom. The largest absolute Gasteiger partial charge is 0.507 e. The van der Waals surface area contributed by atoms with E-state index >= 15 is 0 Å². The number of phenolic OH excluding ortho intramolecular Hbond substituents is 1. The molecule has 0 spiro atoms. The van der Waals surface area contributed by atoms with Gasteiger partial charge in [-0.15, -0.1) is 11.8 Å². The van der Waals surface area contributed by atoms with Gasteiger partial charge in [0.15, 0.2) is 0 Å². The first-order valence-corrected chi connectivity index (χ1v) is 5.95. The minimum Gasteiger partial charge on any atom is -0.507 e. The molecule has 0 aromatic heterocycles. The van der Waals surface area contributed by atoms with Crippen molar-refractivity contribution in [2.45, 2.75) is 11.6 Å². The number of fused-ring (bicyclic) bond motifs is 1. The van der Waals surface area contributed by atoms with E-state index in [-0.39, 0.29) is 0 Å². The molecule has 92 valence electrons. The van der Waals surface area contributed by atoms with Crippen molar-refractivity contribution in [3.63, 3.8) is 0 Å². The normalized spacial score (nSPS) is 10.2. The van der Waals surface area contributed by atoms with Gasteiger partial charge in [-0.2, -0.15) is 13.2 Å². The Labute approximate surface area is 101 Å². The van der Waals surface area contributed by atoms with Crippen LogP contribution in [0, 0.1) is 0 Å². The van der Waals surface area contributed by atoms with Crippen LogP contribution in [0.25, 0.3) is 10.8 Å². The monoisotopic (exact) mass is 260 g/mol. The van der Waals surface area contributed by atoms with Crippen molar-refractivity contribution in [1.29, 1.82) is 0 Å². The zero-order valence-electron chi connectivity index (χ0n) is 9.03. The van der Waals surface area contributed by atoms with Gasteiger partial charge in [-0.25, -0.2) is 0 Å². The Bertz CT molecular complexity index is 485. The molecule has 0 fully saturated rings. The van der Waals surface area contributed by atoms with Crippen molar-refractivity contribution in [2.75, 3.05) is 6.26 Å². The van der Waals surface area contributed by atoms with Gasteiger partial charge in [0.05, 0.1) is 0 Å². The van der Waals surface area contributed by atoms with Crippen LogP contribution in [0.15, 0.2) is 41.3 Å². The first-order chi connectivity index (χ1) is 8.06. The van der Waals surface area contributed by atoms with Gasteiger partial charge in [-0.1, -0.05) is 24.3 Å². The van der Waals surface area contributed by atoms with Gasteiger partial charge >= 0.3 is 6.68 Å². The molecule has 0 radical (unpaired) electrons. The van der Waals surface area contributed by atoms with E-state index in [1.165, 1.54) is 4.90 Å². The Kier molecular flexibility index (Phi) is 5.15. The van der Waals surface area contributed by atoms with E-state index in [2.05, 4.69) is 0 Å². The number of thioether (sulfide) groups is 1. The summed E-state index contributed by atoms with van der Waals surface area (Å²) >= 11 is 1.70. The second-order valence-corrected chi connectivity index (χ2v) is 3.93. The van der Waals surface area contributed by atoms with Gasteiger partial charge in [0, 0.05) is 10.3 Å². The number of halogens is 3. The summed E-state index contributed by atoms with van der Waals surface area (Å²) in [4.78, 5) is 1.20. The number of benzene rings is 2. The molecule has 17 heavy (non-hydrogen) atoms. The lowest BCUT2D eigenvalue weighted by Crippen LogP contribution is -1.77. The predicted octanol–water partition coefficient (Wildman–Crippen LogP) is 4.45. The molecule has 5 heteroatoms. The smallest absolute Gasteiger partial charge is 0.379 e. The molecule has 2 aromatic carbocycles. The Morgan fingerprint density at radius 1 is 1.00 bits per heavy atom. The van der Waals surface area contributed by atoms with Crippen LogP contribution in [0.1, 0.15) is 0 Å². The first kappa shape index (κ1) is 13.7. The Balaban J connectivity index is 0.000000317. The molecule has 0 aliphatic carbocycles. The molecule has 0 unspecified atom stereocenters. The standard InChI is InChI=1S/C11H10OS.CHF3/c1-13-11-7-6-10(12)8-4-2-3-5-9(8)11;2-1(3)4/h2-7,12H,1H3;1H. The topological polar surface area (TPSA) is 20.2 Å². The zero-order valence-corrected chi connectivity index (χ0v) is 9.85. The molecule has 0 atom stereocenters. The minimum atomic E-state index is -3.67. The summed E-state index contributed by atoms with van der Waals surface area (Å²) in [6.45, 7) is -3.67. The second-order valence-electron chi connectivity index (χ2n) is 3.08. The van der Waals surface area contributed by atoms with Crippen LogP contribution in [-0.4, -0.2) is 18.0 Å². The lowest BCUT2D eigenvalue weighted by atomic mass is 10.1. The molecular formula is C12H11F3OS. The van der Waals surface area contributed by atoms with Crippen molar-refractivity contribution in [3.8, 4) is 5.75 Å². The molecule has 2 aromatic rings. The quantitative estimate of drug-likeness (QED) is 0.764. The van der Waals surface area contributed by atoms with Gasteiger partial charge in [-0.3, -0.25) is 0 Å². The highest BCUT2D eigenvalue weighted by molar-refractivity contribution is 7.98. The number of phenols is 1. The minimum absolute atomic E-state index is 0.355. The molecule has 0 bridgehead atoms. The third-order valence-electron chi connectivity index (χ3n) is 2.08. The van der Waals surface area contributed by atoms with E-state index in [0.717, 1.165) is 10.8 Å². The maximum absolute atomic E-state index is 9.67.